The van der Waals surface area contributed by atoms with Crippen LogP contribution < -0.4 is 5.32 Å². The molecule has 1 aliphatic rings. The third kappa shape index (κ3) is 4.39. The summed E-state index contributed by atoms with van der Waals surface area (Å²) in [6, 6.07) is 13.8. The Hall–Kier alpha value is -3.52. The molecule has 1 aliphatic heterocycles. The van der Waals surface area contributed by atoms with Crippen molar-refractivity contribution in [1.29, 1.82) is 0 Å². The summed E-state index contributed by atoms with van der Waals surface area (Å²) in [6.45, 7) is 0.577. The summed E-state index contributed by atoms with van der Waals surface area (Å²) < 4.78 is 13.5. The molecule has 0 spiro atoms. The van der Waals surface area contributed by atoms with E-state index < -0.39 is 6.04 Å². The summed E-state index contributed by atoms with van der Waals surface area (Å²) in [7, 11) is 0. The molecule has 4 aromatic rings. The molecule has 3 heterocycles. The molecule has 2 amide bonds. The zero-order valence-electron chi connectivity index (χ0n) is 17.9. The number of aromatic amines is 1. The molecule has 1 unspecified atom stereocenters. The number of carbonyl (C=O) groups excluding carboxylic acids is 2. The third-order valence-electron chi connectivity index (χ3n) is 6.07. The Balaban J connectivity index is 1.35. The number of amides is 2. The van der Waals surface area contributed by atoms with E-state index in [2.05, 4.69) is 15.3 Å². The van der Waals surface area contributed by atoms with E-state index in [9.17, 15) is 14.0 Å². The molecular weight excluding hydrogens is 439 g/mol. The minimum atomic E-state index is -0.471. The number of hydrogen-bond donors (Lipinski definition) is 2. The fourth-order valence-corrected chi connectivity index (χ4v) is 5.04. The summed E-state index contributed by atoms with van der Waals surface area (Å²) in [4.78, 5) is 35.1. The molecule has 0 saturated carbocycles. The van der Waals surface area contributed by atoms with E-state index in [1.165, 1.54) is 23.5 Å². The number of nitrogens with one attached hydrogen (secondary N) is 2. The zero-order chi connectivity index (χ0) is 22.8. The average Bonchev–Trinajstić information content (AvgIpc) is 3.58. The molecule has 1 saturated heterocycles. The van der Waals surface area contributed by atoms with Gasteiger partial charge in [0.25, 0.3) is 0 Å². The molecule has 168 valence electrons. The van der Waals surface area contributed by atoms with Gasteiger partial charge in [-0.25, -0.2) is 9.37 Å². The number of likely N-dealkylation sites (tertiary alicyclic amines) is 1. The second kappa shape index (κ2) is 9.15. The smallest absolute Gasteiger partial charge is 0.248 e. The lowest BCUT2D eigenvalue weighted by Crippen LogP contribution is -2.43. The maximum atomic E-state index is 13.5. The summed E-state index contributed by atoms with van der Waals surface area (Å²) in [6.07, 6.45) is 3.90. The van der Waals surface area contributed by atoms with Crippen LogP contribution in [0.25, 0.3) is 22.2 Å². The van der Waals surface area contributed by atoms with Gasteiger partial charge in [0, 0.05) is 41.1 Å². The molecule has 1 atom stereocenters. The molecule has 0 radical (unpaired) electrons. The summed E-state index contributed by atoms with van der Waals surface area (Å²) >= 11 is 1.36. The second-order valence-corrected chi connectivity index (χ2v) is 9.00. The molecule has 1 fully saturated rings. The number of hydrogen-bond acceptors (Lipinski definition) is 4. The Morgan fingerprint density at radius 1 is 1.18 bits per heavy atom. The Labute approximate surface area is 194 Å². The van der Waals surface area contributed by atoms with Gasteiger partial charge in [0.1, 0.15) is 11.9 Å². The van der Waals surface area contributed by atoms with Crippen LogP contribution >= 0.6 is 11.3 Å². The van der Waals surface area contributed by atoms with Crippen LogP contribution in [-0.4, -0.2) is 39.3 Å². The zero-order valence-corrected chi connectivity index (χ0v) is 18.7. The van der Waals surface area contributed by atoms with Crippen LogP contribution in [0.1, 0.15) is 24.8 Å². The predicted molar refractivity (Wildman–Crippen MR) is 127 cm³/mol. The summed E-state index contributed by atoms with van der Waals surface area (Å²) in [5, 5.41) is 6.20. The van der Waals surface area contributed by atoms with Crippen molar-refractivity contribution < 1.29 is 14.0 Å². The molecular formula is C25H23FN4O2S. The van der Waals surface area contributed by atoms with Crippen LogP contribution in [0.2, 0.25) is 0 Å². The van der Waals surface area contributed by atoms with E-state index >= 15 is 0 Å². The van der Waals surface area contributed by atoms with E-state index in [0.29, 0.717) is 24.5 Å². The molecule has 33 heavy (non-hydrogen) atoms. The van der Waals surface area contributed by atoms with Crippen LogP contribution in [0.4, 0.5) is 9.52 Å². The van der Waals surface area contributed by atoms with Gasteiger partial charge in [0.2, 0.25) is 11.8 Å². The van der Waals surface area contributed by atoms with Gasteiger partial charge in [0.15, 0.2) is 5.13 Å². The third-order valence-corrected chi connectivity index (χ3v) is 6.76. The van der Waals surface area contributed by atoms with Gasteiger partial charge in [-0.1, -0.05) is 18.2 Å². The monoisotopic (exact) mass is 462 g/mol. The second-order valence-electron chi connectivity index (χ2n) is 8.10. The number of nitrogens with zero attached hydrogens (tertiary/aromatic N) is 2. The van der Waals surface area contributed by atoms with E-state index in [4.69, 9.17) is 0 Å². The highest BCUT2D eigenvalue weighted by atomic mass is 32.1. The van der Waals surface area contributed by atoms with Crippen LogP contribution in [0.5, 0.6) is 0 Å². The number of fused-ring (bicyclic) bond motifs is 1. The molecule has 0 aliphatic carbocycles. The highest BCUT2D eigenvalue weighted by Crippen LogP contribution is 2.32. The number of benzene rings is 2. The molecule has 8 heteroatoms. The number of aryl methyl sites for hydroxylation is 1. The average molecular weight is 463 g/mol. The van der Waals surface area contributed by atoms with E-state index in [1.54, 1.807) is 28.6 Å². The Bertz CT molecular complexity index is 1280. The summed E-state index contributed by atoms with van der Waals surface area (Å²) in [5.74, 6) is -0.514. The minimum absolute atomic E-state index is 0.0397. The van der Waals surface area contributed by atoms with Gasteiger partial charge in [0.05, 0.1) is 0 Å². The lowest BCUT2D eigenvalue weighted by molar-refractivity contribution is -0.136. The molecule has 6 nitrogen and oxygen atoms in total. The largest absolute Gasteiger partial charge is 0.354 e. The van der Waals surface area contributed by atoms with Gasteiger partial charge in [-0.2, -0.15) is 0 Å². The first-order chi connectivity index (χ1) is 16.1. The van der Waals surface area contributed by atoms with Crippen molar-refractivity contribution in [1.82, 2.24) is 14.9 Å². The molecule has 2 aromatic carbocycles. The highest BCUT2D eigenvalue weighted by Gasteiger charge is 2.34. The van der Waals surface area contributed by atoms with E-state index in [1.807, 2.05) is 24.3 Å². The van der Waals surface area contributed by atoms with Gasteiger partial charge in [-0.3, -0.25) is 9.59 Å². The van der Waals surface area contributed by atoms with Gasteiger partial charge in [-0.15, -0.1) is 11.3 Å². The lowest BCUT2D eigenvalue weighted by atomic mass is 10.0. The minimum Gasteiger partial charge on any atom is -0.354 e. The quantitative estimate of drug-likeness (QED) is 0.424. The van der Waals surface area contributed by atoms with Gasteiger partial charge in [-0.05, 0) is 60.7 Å². The maximum absolute atomic E-state index is 13.5. The number of thiazole rings is 1. The topological polar surface area (TPSA) is 78.1 Å². The molecule has 0 bridgehead atoms. The molecule has 2 aromatic heterocycles. The number of aromatic nitrogens is 2. The van der Waals surface area contributed by atoms with Gasteiger partial charge < -0.3 is 15.2 Å². The van der Waals surface area contributed by atoms with E-state index in [-0.39, 0.29) is 24.1 Å². The predicted octanol–water partition coefficient (Wildman–Crippen LogP) is 4.99. The number of rotatable bonds is 6. The first-order valence-electron chi connectivity index (χ1n) is 11.0. The normalized spacial score (nSPS) is 15.8. The standard InChI is InChI=1S/C25H23FN4O2S/c26-17-9-7-16(8-10-17)23-19(18-4-1-2-5-20(18)28-23)11-12-22(31)30-14-3-6-21(30)24(32)29-25-27-13-15-33-25/h1-2,4-5,7-10,13,15,21,28H,3,6,11-12,14H2,(H,27,29,32). The van der Waals surface area contributed by atoms with Crippen molar-refractivity contribution in [3.05, 3.63) is 71.5 Å². The van der Waals surface area contributed by atoms with Gasteiger partial charge >= 0.3 is 0 Å². The number of H-pyrrole nitrogens is 1. The Morgan fingerprint density at radius 3 is 2.79 bits per heavy atom. The van der Waals surface area contributed by atoms with E-state index in [0.717, 1.165) is 34.1 Å². The van der Waals surface area contributed by atoms with Crippen LogP contribution in [0.15, 0.2) is 60.1 Å². The first kappa shape index (κ1) is 21.3. The van der Waals surface area contributed by atoms with Crippen LogP contribution in [0, 0.1) is 5.82 Å². The Kier molecular flexibility index (Phi) is 5.92. The lowest BCUT2D eigenvalue weighted by Gasteiger charge is -2.23. The van der Waals surface area contributed by atoms with Crippen molar-refractivity contribution in [2.45, 2.75) is 31.7 Å². The van der Waals surface area contributed by atoms with Crippen molar-refractivity contribution in [3.63, 3.8) is 0 Å². The molecule has 2 N–H and O–H groups in total. The fraction of sp³-hybridized carbons (Fsp3) is 0.240. The maximum Gasteiger partial charge on any atom is 0.248 e. The van der Waals surface area contributed by atoms with Crippen LogP contribution in [0.3, 0.4) is 0 Å². The van der Waals surface area contributed by atoms with Crippen molar-refractivity contribution in [2.75, 3.05) is 11.9 Å². The SMILES string of the molecule is O=C(Nc1nccs1)C1CCCN1C(=O)CCc1c(-c2ccc(F)cc2)[nH]c2ccccc12. The van der Waals surface area contributed by atoms with Crippen molar-refractivity contribution in [3.8, 4) is 11.3 Å². The van der Waals surface area contributed by atoms with Crippen molar-refractivity contribution in [2.24, 2.45) is 0 Å². The molecule has 5 rings (SSSR count). The Morgan fingerprint density at radius 2 is 2.00 bits per heavy atom. The number of carbonyl (C=O) groups is 2. The number of anilines is 1. The number of halogens is 1. The summed E-state index contributed by atoms with van der Waals surface area (Å²) in [5.41, 5.74) is 3.76. The van der Waals surface area contributed by atoms with Crippen LogP contribution in [-0.2, 0) is 16.0 Å². The highest BCUT2D eigenvalue weighted by molar-refractivity contribution is 7.13. The fourth-order valence-electron chi connectivity index (χ4n) is 4.51. The van der Waals surface area contributed by atoms with Crippen molar-refractivity contribution >= 4 is 39.2 Å². The number of para-hydroxylation sites is 1. The first-order valence-corrected chi connectivity index (χ1v) is 11.8.